The van der Waals surface area contributed by atoms with Crippen LogP contribution in [0, 0.1) is 5.92 Å². The summed E-state index contributed by atoms with van der Waals surface area (Å²) >= 11 is 1.68. The monoisotopic (exact) mass is 354 g/mol. The van der Waals surface area contributed by atoms with Crippen LogP contribution in [0.5, 0.6) is 0 Å². The van der Waals surface area contributed by atoms with E-state index in [1.165, 1.54) is 4.88 Å². The van der Waals surface area contributed by atoms with Crippen LogP contribution in [-0.2, 0) is 16.0 Å². The first kappa shape index (κ1) is 20.6. The first-order valence-electron chi connectivity index (χ1n) is 8.44. The standard InChI is InChI=1S/C17H30N4O2S/c1-5-19-17(23)15(11(2)3)21-16(22)12(4)20-10-13(18)9-14-7-6-8-24-14/h6-8,11-13,15,20H,5,9-10,18H2,1-4H3,(H,19,23)(H,21,22)/t12?,13-,15-/m0/s1. The van der Waals surface area contributed by atoms with Gasteiger partial charge in [-0.25, -0.2) is 0 Å². The minimum atomic E-state index is -0.526. The Bertz CT molecular complexity index is 505. The third kappa shape index (κ3) is 6.98. The van der Waals surface area contributed by atoms with Crippen LogP contribution in [0.2, 0.25) is 0 Å². The fourth-order valence-corrected chi connectivity index (χ4v) is 3.08. The van der Waals surface area contributed by atoms with Crippen LogP contribution >= 0.6 is 11.3 Å². The summed E-state index contributed by atoms with van der Waals surface area (Å²) in [6.07, 6.45) is 0.784. The van der Waals surface area contributed by atoms with Gasteiger partial charge < -0.3 is 21.7 Å². The summed E-state index contributed by atoms with van der Waals surface area (Å²) < 4.78 is 0. The number of hydrogen-bond donors (Lipinski definition) is 4. The van der Waals surface area contributed by atoms with Crippen LogP contribution in [0.25, 0.3) is 0 Å². The van der Waals surface area contributed by atoms with Gasteiger partial charge in [-0.1, -0.05) is 19.9 Å². The van der Waals surface area contributed by atoms with E-state index in [0.29, 0.717) is 13.1 Å². The van der Waals surface area contributed by atoms with Crippen molar-refractivity contribution < 1.29 is 9.59 Å². The molecule has 0 aromatic carbocycles. The summed E-state index contributed by atoms with van der Waals surface area (Å²) in [4.78, 5) is 25.6. The van der Waals surface area contributed by atoms with Crippen LogP contribution in [0.4, 0.5) is 0 Å². The molecule has 6 nitrogen and oxygen atoms in total. The Balaban J connectivity index is 2.43. The van der Waals surface area contributed by atoms with E-state index in [2.05, 4.69) is 22.0 Å². The van der Waals surface area contributed by atoms with Crippen LogP contribution in [0.3, 0.4) is 0 Å². The number of rotatable bonds is 10. The van der Waals surface area contributed by atoms with Crippen molar-refractivity contribution in [3.05, 3.63) is 22.4 Å². The van der Waals surface area contributed by atoms with Gasteiger partial charge in [-0.15, -0.1) is 11.3 Å². The highest BCUT2D eigenvalue weighted by molar-refractivity contribution is 7.09. The number of hydrogen-bond acceptors (Lipinski definition) is 5. The number of carbonyl (C=O) groups is 2. The van der Waals surface area contributed by atoms with E-state index in [4.69, 9.17) is 5.73 Å². The molecule has 0 aliphatic carbocycles. The molecule has 0 spiro atoms. The smallest absolute Gasteiger partial charge is 0.242 e. The molecule has 5 N–H and O–H groups in total. The second-order valence-corrected chi connectivity index (χ2v) is 7.33. The number of nitrogens with two attached hydrogens (primary N) is 1. The zero-order valence-corrected chi connectivity index (χ0v) is 15.8. The summed E-state index contributed by atoms with van der Waals surface area (Å²) in [6.45, 7) is 8.55. The lowest BCUT2D eigenvalue weighted by Gasteiger charge is -2.24. The Morgan fingerprint density at radius 2 is 1.96 bits per heavy atom. The van der Waals surface area contributed by atoms with E-state index in [1.807, 2.05) is 32.2 Å². The lowest BCUT2D eigenvalue weighted by Crippen LogP contribution is -2.55. The van der Waals surface area contributed by atoms with E-state index >= 15 is 0 Å². The summed E-state index contributed by atoms with van der Waals surface area (Å²) in [5.74, 6) is -0.320. The van der Waals surface area contributed by atoms with Crippen molar-refractivity contribution in [1.29, 1.82) is 0 Å². The van der Waals surface area contributed by atoms with Gasteiger partial charge in [0, 0.05) is 24.0 Å². The predicted molar refractivity (Wildman–Crippen MR) is 98.9 cm³/mol. The molecule has 3 atom stereocenters. The Morgan fingerprint density at radius 3 is 2.50 bits per heavy atom. The second kappa shape index (κ2) is 10.4. The van der Waals surface area contributed by atoms with Crippen molar-refractivity contribution in [2.75, 3.05) is 13.1 Å². The first-order chi connectivity index (χ1) is 11.3. The van der Waals surface area contributed by atoms with Gasteiger partial charge in [0.05, 0.1) is 6.04 Å². The third-order valence-electron chi connectivity index (χ3n) is 3.72. The molecule has 0 bridgehead atoms. The maximum Gasteiger partial charge on any atom is 0.242 e. The van der Waals surface area contributed by atoms with Crippen LogP contribution in [0.1, 0.15) is 32.6 Å². The summed E-state index contributed by atoms with van der Waals surface area (Å²) in [5.41, 5.74) is 6.10. The largest absolute Gasteiger partial charge is 0.355 e. The summed E-state index contributed by atoms with van der Waals surface area (Å²) in [6, 6.07) is 3.07. The molecule has 0 aliphatic rings. The van der Waals surface area contributed by atoms with E-state index < -0.39 is 12.1 Å². The van der Waals surface area contributed by atoms with Gasteiger partial charge in [-0.05, 0) is 37.6 Å². The average molecular weight is 355 g/mol. The van der Waals surface area contributed by atoms with Gasteiger partial charge in [0.1, 0.15) is 6.04 Å². The molecule has 1 aromatic heterocycles. The topological polar surface area (TPSA) is 96.2 Å². The quantitative estimate of drug-likeness (QED) is 0.501. The van der Waals surface area contributed by atoms with Crippen LogP contribution in [0.15, 0.2) is 17.5 Å². The highest BCUT2D eigenvalue weighted by Gasteiger charge is 2.25. The number of thiophene rings is 1. The van der Waals surface area contributed by atoms with Crippen molar-refractivity contribution in [2.24, 2.45) is 11.7 Å². The minimum Gasteiger partial charge on any atom is -0.355 e. The van der Waals surface area contributed by atoms with Crippen molar-refractivity contribution in [3.8, 4) is 0 Å². The molecule has 136 valence electrons. The van der Waals surface area contributed by atoms with Crippen LogP contribution in [-0.4, -0.2) is 43.0 Å². The molecule has 7 heteroatoms. The Hall–Kier alpha value is -1.44. The maximum atomic E-state index is 12.3. The second-order valence-electron chi connectivity index (χ2n) is 6.30. The molecule has 1 rings (SSSR count). The highest BCUT2D eigenvalue weighted by Crippen LogP contribution is 2.10. The molecule has 0 aliphatic heterocycles. The van der Waals surface area contributed by atoms with Gasteiger partial charge in [-0.3, -0.25) is 9.59 Å². The van der Waals surface area contributed by atoms with E-state index in [9.17, 15) is 9.59 Å². The van der Waals surface area contributed by atoms with Crippen molar-refractivity contribution >= 4 is 23.2 Å². The van der Waals surface area contributed by atoms with Gasteiger partial charge in [0.25, 0.3) is 0 Å². The lowest BCUT2D eigenvalue weighted by molar-refractivity contribution is -0.130. The molecule has 1 aromatic rings. The Morgan fingerprint density at radius 1 is 1.25 bits per heavy atom. The summed E-state index contributed by atoms with van der Waals surface area (Å²) in [7, 11) is 0. The normalized spacial score (nSPS) is 14.9. The molecular weight excluding hydrogens is 324 g/mol. The van der Waals surface area contributed by atoms with Crippen molar-refractivity contribution in [2.45, 2.75) is 52.2 Å². The number of likely N-dealkylation sites (N-methyl/N-ethyl adjacent to an activating group) is 1. The average Bonchev–Trinajstić information content (AvgIpc) is 3.02. The van der Waals surface area contributed by atoms with Gasteiger partial charge in [0.2, 0.25) is 11.8 Å². The Labute approximate surface area is 148 Å². The molecule has 0 saturated carbocycles. The molecule has 24 heavy (non-hydrogen) atoms. The zero-order chi connectivity index (χ0) is 18.1. The lowest BCUT2D eigenvalue weighted by atomic mass is 10.0. The minimum absolute atomic E-state index is 0.0220. The number of carbonyl (C=O) groups excluding carboxylic acids is 2. The molecule has 1 unspecified atom stereocenters. The van der Waals surface area contributed by atoms with Gasteiger partial charge in [-0.2, -0.15) is 0 Å². The first-order valence-corrected chi connectivity index (χ1v) is 9.32. The van der Waals surface area contributed by atoms with Gasteiger partial charge in [0.15, 0.2) is 0 Å². The number of amides is 2. The highest BCUT2D eigenvalue weighted by atomic mass is 32.1. The Kier molecular flexibility index (Phi) is 8.95. The molecular formula is C17H30N4O2S. The van der Waals surface area contributed by atoms with Crippen LogP contribution < -0.4 is 21.7 Å². The SMILES string of the molecule is CCNC(=O)[C@@H](NC(=O)C(C)NC[C@@H](N)Cc1cccs1)C(C)C. The van der Waals surface area contributed by atoms with E-state index in [-0.39, 0.29) is 23.8 Å². The third-order valence-corrected chi connectivity index (χ3v) is 4.62. The molecule has 2 amide bonds. The fourth-order valence-electron chi connectivity index (χ4n) is 2.28. The molecule has 0 saturated heterocycles. The predicted octanol–water partition coefficient (Wildman–Crippen LogP) is 0.873. The van der Waals surface area contributed by atoms with E-state index in [1.54, 1.807) is 18.3 Å². The van der Waals surface area contributed by atoms with Gasteiger partial charge >= 0.3 is 0 Å². The maximum absolute atomic E-state index is 12.3. The van der Waals surface area contributed by atoms with Crippen molar-refractivity contribution in [3.63, 3.8) is 0 Å². The van der Waals surface area contributed by atoms with Crippen molar-refractivity contribution in [1.82, 2.24) is 16.0 Å². The zero-order valence-electron chi connectivity index (χ0n) is 15.0. The fraction of sp³-hybridized carbons (Fsp3) is 0.647. The molecule has 0 radical (unpaired) electrons. The number of nitrogens with one attached hydrogen (secondary N) is 3. The molecule has 1 heterocycles. The molecule has 0 fully saturated rings. The summed E-state index contributed by atoms with van der Waals surface area (Å²) in [5, 5.41) is 10.7. The van der Waals surface area contributed by atoms with E-state index in [0.717, 1.165) is 6.42 Å².